The Morgan fingerprint density at radius 2 is 1.67 bits per heavy atom. The lowest BCUT2D eigenvalue weighted by atomic mass is 9.80. The van der Waals surface area contributed by atoms with Gasteiger partial charge in [0.2, 0.25) is 0 Å². The molecule has 0 amide bonds. The quantitative estimate of drug-likeness (QED) is 0.638. The van der Waals surface area contributed by atoms with Gasteiger partial charge < -0.3 is 0 Å². The van der Waals surface area contributed by atoms with Gasteiger partial charge in [0.15, 0.2) is 0 Å². The molecule has 0 nitrogen and oxygen atoms in total. The van der Waals surface area contributed by atoms with Crippen LogP contribution in [0, 0.1) is 5.41 Å². The van der Waals surface area contributed by atoms with Crippen LogP contribution in [0.5, 0.6) is 0 Å². The zero-order valence-electron chi connectivity index (χ0n) is 12.3. The molecule has 0 N–H and O–H groups in total. The normalized spacial score (nSPS) is 21.3. The molecule has 2 aliphatic rings. The minimum absolute atomic E-state index is 0.602. The Hall–Kier alpha value is -0.780. The first-order chi connectivity index (χ1) is 8.77. The minimum atomic E-state index is 0.602. The summed E-state index contributed by atoms with van der Waals surface area (Å²) >= 11 is 0. The fourth-order valence-corrected chi connectivity index (χ4v) is 3.35. The van der Waals surface area contributed by atoms with Gasteiger partial charge in [-0.25, -0.2) is 0 Å². The van der Waals surface area contributed by atoms with Gasteiger partial charge in [-0.05, 0) is 54.6 Å². The molecular weight excluding hydrogens is 216 g/mol. The van der Waals surface area contributed by atoms with Gasteiger partial charge in [0.1, 0.15) is 0 Å². The maximum Gasteiger partial charge on any atom is -0.0159 e. The smallest absolute Gasteiger partial charge is 0.0159 e. The van der Waals surface area contributed by atoms with Crippen molar-refractivity contribution >= 4 is 0 Å². The predicted molar refractivity (Wildman–Crippen MR) is 80.0 cm³/mol. The van der Waals surface area contributed by atoms with Gasteiger partial charge in [-0.15, -0.1) is 0 Å². The van der Waals surface area contributed by atoms with Gasteiger partial charge in [0, 0.05) is 0 Å². The van der Waals surface area contributed by atoms with Gasteiger partial charge in [0.05, 0.1) is 0 Å². The van der Waals surface area contributed by atoms with Crippen LogP contribution in [-0.4, -0.2) is 0 Å². The summed E-state index contributed by atoms with van der Waals surface area (Å²) in [6.45, 7) is 6.49. The first kappa shape index (κ1) is 13.6. The van der Waals surface area contributed by atoms with Crippen LogP contribution in [0.2, 0.25) is 0 Å². The number of benzene rings is 1. The zero-order valence-corrected chi connectivity index (χ0v) is 12.3. The standard InChI is InChI=1S/C16H22.C2H6/c1-16(10-4-5-11-16)12-14-6-2-3-7-15(14)13-8-9-13;1-2/h2-3,6-7,13H,4-5,8-12H2,1H3;1-2H3. The van der Waals surface area contributed by atoms with E-state index in [2.05, 4.69) is 31.2 Å². The van der Waals surface area contributed by atoms with E-state index in [9.17, 15) is 0 Å². The minimum Gasteiger partial charge on any atom is -0.0683 e. The molecule has 3 rings (SSSR count). The second-order valence-corrected chi connectivity index (χ2v) is 6.17. The van der Waals surface area contributed by atoms with Crippen molar-refractivity contribution in [2.45, 2.75) is 71.6 Å². The van der Waals surface area contributed by atoms with Crippen molar-refractivity contribution in [3.05, 3.63) is 35.4 Å². The van der Waals surface area contributed by atoms with Crippen molar-refractivity contribution in [3.63, 3.8) is 0 Å². The first-order valence-corrected chi connectivity index (χ1v) is 7.85. The largest absolute Gasteiger partial charge is 0.0683 e. The molecule has 2 fully saturated rings. The lowest BCUT2D eigenvalue weighted by molar-refractivity contribution is 0.333. The van der Waals surface area contributed by atoms with Crippen LogP contribution in [0.25, 0.3) is 0 Å². The molecule has 2 saturated carbocycles. The van der Waals surface area contributed by atoms with E-state index in [1.807, 2.05) is 13.8 Å². The monoisotopic (exact) mass is 244 g/mol. The van der Waals surface area contributed by atoms with Crippen LogP contribution in [0.3, 0.4) is 0 Å². The highest BCUT2D eigenvalue weighted by atomic mass is 14.4. The summed E-state index contributed by atoms with van der Waals surface area (Å²) in [5, 5.41) is 0. The molecule has 1 aromatic carbocycles. The second-order valence-electron chi connectivity index (χ2n) is 6.17. The molecule has 0 radical (unpaired) electrons. The third-order valence-corrected chi connectivity index (χ3v) is 4.50. The molecule has 0 aliphatic heterocycles. The van der Waals surface area contributed by atoms with Crippen molar-refractivity contribution in [2.75, 3.05) is 0 Å². The summed E-state index contributed by atoms with van der Waals surface area (Å²) < 4.78 is 0. The number of rotatable bonds is 3. The van der Waals surface area contributed by atoms with Crippen LogP contribution >= 0.6 is 0 Å². The van der Waals surface area contributed by atoms with E-state index in [0.717, 1.165) is 5.92 Å². The number of hydrogen-bond donors (Lipinski definition) is 0. The van der Waals surface area contributed by atoms with Gasteiger partial charge >= 0.3 is 0 Å². The third-order valence-electron chi connectivity index (χ3n) is 4.50. The van der Waals surface area contributed by atoms with Crippen molar-refractivity contribution < 1.29 is 0 Å². The molecule has 1 aromatic rings. The summed E-state index contributed by atoms with van der Waals surface area (Å²) in [4.78, 5) is 0. The molecule has 0 unspecified atom stereocenters. The van der Waals surface area contributed by atoms with Gasteiger partial charge in [-0.1, -0.05) is 57.9 Å². The summed E-state index contributed by atoms with van der Waals surface area (Å²) in [7, 11) is 0. The highest BCUT2D eigenvalue weighted by molar-refractivity contribution is 5.34. The fourth-order valence-electron chi connectivity index (χ4n) is 3.35. The molecule has 0 bridgehead atoms. The summed E-state index contributed by atoms with van der Waals surface area (Å²) in [6, 6.07) is 9.18. The van der Waals surface area contributed by atoms with Crippen LogP contribution in [-0.2, 0) is 6.42 Å². The summed E-state index contributed by atoms with van der Waals surface area (Å²) in [5.41, 5.74) is 3.91. The van der Waals surface area contributed by atoms with E-state index >= 15 is 0 Å². The van der Waals surface area contributed by atoms with E-state index < -0.39 is 0 Å². The van der Waals surface area contributed by atoms with Crippen molar-refractivity contribution in [3.8, 4) is 0 Å². The van der Waals surface area contributed by atoms with E-state index in [-0.39, 0.29) is 0 Å². The van der Waals surface area contributed by atoms with Gasteiger partial charge in [-0.3, -0.25) is 0 Å². The Labute approximate surface area is 113 Å². The molecule has 0 aromatic heterocycles. The van der Waals surface area contributed by atoms with Crippen LogP contribution in [0.1, 0.15) is 76.3 Å². The Morgan fingerprint density at radius 1 is 1.06 bits per heavy atom. The molecule has 0 atom stereocenters. The Kier molecular flexibility index (Phi) is 4.48. The highest BCUT2D eigenvalue weighted by Crippen LogP contribution is 2.45. The maximum absolute atomic E-state index is 2.49. The lowest BCUT2D eigenvalue weighted by Gasteiger charge is -2.25. The molecule has 0 heterocycles. The first-order valence-electron chi connectivity index (χ1n) is 7.85. The average molecular weight is 244 g/mol. The van der Waals surface area contributed by atoms with Crippen molar-refractivity contribution in [1.82, 2.24) is 0 Å². The number of hydrogen-bond acceptors (Lipinski definition) is 0. The van der Waals surface area contributed by atoms with Crippen LogP contribution in [0.4, 0.5) is 0 Å². The summed E-state index contributed by atoms with van der Waals surface area (Å²) in [5.74, 6) is 0.904. The second kappa shape index (κ2) is 5.91. The lowest BCUT2D eigenvalue weighted by Crippen LogP contribution is -2.15. The highest BCUT2D eigenvalue weighted by Gasteiger charge is 2.32. The van der Waals surface area contributed by atoms with Crippen molar-refractivity contribution in [2.24, 2.45) is 5.41 Å². The Bertz CT molecular complexity index is 367. The maximum atomic E-state index is 2.49. The van der Waals surface area contributed by atoms with Crippen LogP contribution in [0.15, 0.2) is 24.3 Å². The molecule has 0 saturated heterocycles. The van der Waals surface area contributed by atoms with Gasteiger partial charge in [0.25, 0.3) is 0 Å². The molecule has 2 aliphatic carbocycles. The third kappa shape index (κ3) is 3.16. The average Bonchev–Trinajstić information content (AvgIpc) is 3.16. The molecular formula is C18H28. The zero-order chi connectivity index (χ0) is 13.0. The Balaban J connectivity index is 0.000000574. The summed E-state index contributed by atoms with van der Waals surface area (Å²) in [6.07, 6.45) is 9.93. The van der Waals surface area contributed by atoms with E-state index in [0.29, 0.717) is 5.41 Å². The van der Waals surface area contributed by atoms with Gasteiger partial charge in [-0.2, -0.15) is 0 Å². The van der Waals surface area contributed by atoms with E-state index in [4.69, 9.17) is 0 Å². The predicted octanol–water partition coefficient (Wildman–Crippen LogP) is 5.71. The van der Waals surface area contributed by atoms with E-state index in [1.54, 1.807) is 11.1 Å². The molecule has 0 spiro atoms. The Morgan fingerprint density at radius 3 is 2.28 bits per heavy atom. The molecule has 0 heteroatoms. The van der Waals surface area contributed by atoms with E-state index in [1.165, 1.54) is 44.9 Å². The molecule has 18 heavy (non-hydrogen) atoms. The van der Waals surface area contributed by atoms with Crippen LogP contribution < -0.4 is 0 Å². The molecule has 100 valence electrons. The topological polar surface area (TPSA) is 0 Å². The van der Waals surface area contributed by atoms with Crippen molar-refractivity contribution in [1.29, 1.82) is 0 Å². The fraction of sp³-hybridized carbons (Fsp3) is 0.667. The SMILES string of the molecule is CC.CC1(Cc2ccccc2C2CC2)CCCC1.